The smallest absolute Gasteiger partial charge is 0.271 e. The number of rotatable bonds is 9. The summed E-state index contributed by atoms with van der Waals surface area (Å²) >= 11 is 5.97. The maximum atomic E-state index is 13.7. The van der Waals surface area contributed by atoms with E-state index < -0.39 is 15.9 Å². The van der Waals surface area contributed by atoms with Crippen molar-refractivity contribution >= 4 is 39.3 Å². The van der Waals surface area contributed by atoms with Gasteiger partial charge in [0.2, 0.25) is 0 Å². The maximum Gasteiger partial charge on any atom is 0.271 e. The van der Waals surface area contributed by atoms with Gasteiger partial charge in [-0.3, -0.25) is 4.79 Å². The Hall–Kier alpha value is -4.07. The van der Waals surface area contributed by atoms with Gasteiger partial charge in [0.05, 0.1) is 17.7 Å². The van der Waals surface area contributed by atoms with Crippen LogP contribution in [0.3, 0.4) is 0 Å². The fraction of sp³-hybridized carbons (Fsp3) is 0.129. The highest BCUT2D eigenvalue weighted by atomic mass is 35.5. The molecule has 0 saturated heterocycles. The number of methoxy groups -OCH3 is 1. The van der Waals surface area contributed by atoms with Gasteiger partial charge in [0.15, 0.2) is 11.5 Å². The number of carbonyl (C=O) groups excluding carboxylic acids is 1. The van der Waals surface area contributed by atoms with Crippen LogP contribution >= 0.6 is 11.6 Å². The first-order chi connectivity index (χ1) is 18.7. The summed E-state index contributed by atoms with van der Waals surface area (Å²) in [7, 11) is -2.71. The molecule has 0 bridgehead atoms. The van der Waals surface area contributed by atoms with Crippen LogP contribution in [0.4, 0.5) is 5.69 Å². The Morgan fingerprint density at radius 2 is 1.62 bits per heavy atom. The summed E-state index contributed by atoms with van der Waals surface area (Å²) in [5.74, 6) is 0.315. The van der Waals surface area contributed by atoms with Gasteiger partial charge in [-0.05, 0) is 84.6 Å². The Morgan fingerprint density at radius 3 is 2.31 bits per heavy atom. The van der Waals surface area contributed by atoms with Crippen molar-refractivity contribution in [1.29, 1.82) is 0 Å². The minimum absolute atomic E-state index is 0.0452. The molecule has 0 unspecified atom stereocenters. The molecule has 0 radical (unpaired) electrons. The lowest BCUT2D eigenvalue weighted by molar-refractivity contribution is -0.113. The SMILES string of the molecule is COc1cc(/C=C/C(=O)N(c2cc(C)ccc2C)S(=O)(=O)c2ccc(Cl)cc2)ccc1OCc1ccccc1. The first-order valence-electron chi connectivity index (χ1n) is 12.1. The minimum atomic E-state index is -4.24. The quantitative estimate of drug-likeness (QED) is 0.206. The van der Waals surface area contributed by atoms with Crippen molar-refractivity contribution in [2.75, 3.05) is 11.4 Å². The van der Waals surface area contributed by atoms with E-state index in [1.54, 1.807) is 43.3 Å². The average Bonchev–Trinajstić information content (AvgIpc) is 2.93. The normalized spacial score (nSPS) is 11.4. The standard InChI is InChI=1S/C31H28ClNO5S/c1-22-9-10-23(2)28(19-22)33(39(35,36)27-15-13-26(32)14-16-27)31(34)18-12-24-11-17-29(30(20-24)37-3)38-21-25-7-5-4-6-8-25/h4-20H,21H2,1-3H3/b18-12+. The zero-order chi connectivity index (χ0) is 28.0. The van der Waals surface area contributed by atoms with E-state index in [0.29, 0.717) is 34.3 Å². The van der Waals surface area contributed by atoms with Gasteiger partial charge in [-0.1, -0.05) is 60.1 Å². The second-order valence-corrected chi connectivity index (χ2v) is 11.1. The first-order valence-corrected chi connectivity index (χ1v) is 14.0. The Morgan fingerprint density at radius 1 is 0.897 bits per heavy atom. The number of halogens is 1. The summed E-state index contributed by atoms with van der Waals surface area (Å²) in [6, 6.07) is 26.0. The van der Waals surface area contributed by atoms with Gasteiger partial charge in [0.25, 0.3) is 15.9 Å². The minimum Gasteiger partial charge on any atom is -0.493 e. The highest BCUT2D eigenvalue weighted by molar-refractivity contribution is 7.93. The predicted octanol–water partition coefficient (Wildman–Crippen LogP) is 6.98. The third-order valence-corrected chi connectivity index (χ3v) is 7.96. The van der Waals surface area contributed by atoms with Gasteiger partial charge in [-0.15, -0.1) is 0 Å². The zero-order valence-electron chi connectivity index (χ0n) is 21.8. The number of anilines is 1. The van der Waals surface area contributed by atoms with Crippen molar-refractivity contribution < 1.29 is 22.7 Å². The van der Waals surface area contributed by atoms with Crippen LogP contribution in [-0.4, -0.2) is 21.4 Å². The van der Waals surface area contributed by atoms with Gasteiger partial charge >= 0.3 is 0 Å². The van der Waals surface area contributed by atoms with E-state index in [4.69, 9.17) is 21.1 Å². The topological polar surface area (TPSA) is 72.9 Å². The van der Waals surface area contributed by atoms with E-state index in [0.717, 1.165) is 15.4 Å². The third kappa shape index (κ3) is 6.69. The number of hydrogen-bond acceptors (Lipinski definition) is 5. The zero-order valence-corrected chi connectivity index (χ0v) is 23.4. The van der Waals surface area contributed by atoms with Crippen LogP contribution in [0.5, 0.6) is 11.5 Å². The number of nitrogens with zero attached hydrogens (tertiary/aromatic N) is 1. The van der Waals surface area contributed by atoms with E-state index in [1.807, 2.05) is 43.3 Å². The first kappa shape index (κ1) is 28.0. The molecule has 0 spiro atoms. The van der Waals surface area contributed by atoms with Crippen molar-refractivity contribution in [2.24, 2.45) is 0 Å². The molecule has 4 aromatic carbocycles. The Labute approximate surface area is 234 Å². The van der Waals surface area contributed by atoms with Crippen LogP contribution in [0.25, 0.3) is 6.08 Å². The molecule has 0 saturated carbocycles. The van der Waals surface area contributed by atoms with Crippen molar-refractivity contribution in [2.45, 2.75) is 25.3 Å². The van der Waals surface area contributed by atoms with Crippen LogP contribution in [0.2, 0.25) is 5.02 Å². The molecule has 0 atom stereocenters. The van der Waals surface area contributed by atoms with Gasteiger partial charge in [-0.25, -0.2) is 8.42 Å². The molecule has 200 valence electrons. The molecule has 0 fully saturated rings. The van der Waals surface area contributed by atoms with Gasteiger partial charge in [0.1, 0.15) is 6.61 Å². The molecule has 1 amide bonds. The van der Waals surface area contributed by atoms with Crippen LogP contribution < -0.4 is 13.8 Å². The number of benzene rings is 4. The molecule has 39 heavy (non-hydrogen) atoms. The molecule has 4 aromatic rings. The summed E-state index contributed by atoms with van der Waals surface area (Å²) in [5, 5.41) is 0.392. The van der Waals surface area contributed by atoms with Crippen LogP contribution in [0.15, 0.2) is 102 Å². The molecule has 0 aromatic heterocycles. The fourth-order valence-corrected chi connectivity index (χ4v) is 5.46. The molecule has 0 heterocycles. The number of ether oxygens (including phenoxy) is 2. The van der Waals surface area contributed by atoms with Crippen LogP contribution in [-0.2, 0) is 21.4 Å². The summed E-state index contributed by atoms with van der Waals surface area (Å²) in [6.07, 6.45) is 2.77. The maximum absolute atomic E-state index is 13.7. The lowest BCUT2D eigenvalue weighted by atomic mass is 10.1. The Balaban J connectivity index is 1.64. The summed E-state index contributed by atoms with van der Waals surface area (Å²) in [4.78, 5) is 13.5. The summed E-state index contributed by atoms with van der Waals surface area (Å²) in [6.45, 7) is 3.97. The molecule has 0 N–H and O–H groups in total. The summed E-state index contributed by atoms with van der Waals surface area (Å²) in [5.41, 5.74) is 3.39. The van der Waals surface area contributed by atoms with Crippen molar-refractivity contribution in [3.05, 3.63) is 124 Å². The van der Waals surface area contributed by atoms with E-state index in [9.17, 15) is 13.2 Å². The highest BCUT2D eigenvalue weighted by Crippen LogP contribution is 2.31. The van der Waals surface area contributed by atoms with E-state index in [-0.39, 0.29) is 10.6 Å². The highest BCUT2D eigenvalue weighted by Gasteiger charge is 2.31. The monoisotopic (exact) mass is 561 g/mol. The molecule has 0 aliphatic carbocycles. The predicted molar refractivity (Wildman–Crippen MR) is 155 cm³/mol. The van der Waals surface area contributed by atoms with Gasteiger partial charge in [0, 0.05) is 11.1 Å². The molecule has 8 heteroatoms. The number of hydrogen-bond donors (Lipinski definition) is 0. The van der Waals surface area contributed by atoms with Crippen LogP contribution in [0.1, 0.15) is 22.3 Å². The summed E-state index contributed by atoms with van der Waals surface area (Å²) < 4.78 is 39.6. The number of carbonyl (C=O) groups is 1. The van der Waals surface area contributed by atoms with E-state index >= 15 is 0 Å². The van der Waals surface area contributed by atoms with E-state index in [1.165, 1.54) is 37.5 Å². The lowest BCUT2D eigenvalue weighted by Gasteiger charge is -2.23. The third-order valence-electron chi connectivity index (χ3n) is 5.98. The molecule has 0 aliphatic rings. The second-order valence-electron chi connectivity index (χ2n) is 8.87. The van der Waals surface area contributed by atoms with E-state index in [2.05, 4.69) is 0 Å². The second kappa shape index (κ2) is 12.2. The molecule has 6 nitrogen and oxygen atoms in total. The molecule has 0 aliphatic heterocycles. The van der Waals surface area contributed by atoms with Gasteiger partial charge in [-0.2, -0.15) is 4.31 Å². The molecular formula is C31H28ClNO5S. The van der Waals surface area contributed by atoms with Crippen molar-refractivity contribution in [1.82, 2.24) is 0 Å². The van der Waals surface area contributed by atoms with Gasteiger partial charge < -0.3 is 9.47 Å². The fourth-order valence-electron chi connectivity index (χ4n) is 3.89. The molecular weight excluding hydrogens is 534 g/mol. The lowest BCUT2D eigenvalue weighted by Crippen LogP contribution is -2.36. The number of aryl methyl sites for hydroxylation is 2. The Kier molecular flexibility index (Phi) is 8.74. The largest absolute Gasteiger partial charge is 0.493 e. The number of amides is 1. The molecule has 4 rings (SSSR count). The van der Waals surface area contributed by atoms with Crippen LogP contribution in [0, 0.1) is 13.8 Å². The Bertz CT molecular complexity index is 1600. The average molecular weight is 562 g/mol. The number of sulfonamides is 1. The van der Waals surface area contributed by atoms with Crippen molar-refractivity contribution in [3.8, 4) is 11.5 Å². The van der Waals surface area contributed by atoms with Crippen molar-refractivity contribution in [3.63, 3.8) is 0 Å².